The number of nitrogens with two attached hydrogens (primary N) is 1. The number of carbonyl (C=O) groups is 1. The van der Waals surface area contributed by atoms with Gasteiger partial charge in [-0.25, -0.2) is 0 Å². The Morgan fingerprint density at radius 1 is 1.33 bits per heavy atom. The Balaban J connectivity index is 1.79. The summed E-state index contributed by atoms with van der Waals surface area (Å²) in [6.45, 7) is 4.21. The van der Waals surface area contributed by atoms with E-state index in [1.165, 1.54) is 19.3 Å². The molecule has 110 valence electrons. The Morgan fingerprint density at radius 3 is 2.71 bits per heavy atom. The number of fused-ring (bicyclic) bond motifs is 1. The summed E-state index contributed by atoms with van der Waals surface area (Å²) < 4.78 is 0. The molecule has 2 unspecified atom stereocenters. The number of likely N-dealkylation sites (tertiary alicyclic amines) is 1. The third-order valence-corrected chi connectivity index (χ3v) is 4.82. The third kappa shape index (κ3) is 2.82. The van der Waals surface area contributed by atoms with Gasteiger partial charge in [0.15, 0.2) is 0 Å². The van der Waals surface area contributed by atoms with Gasteiger partial charge < -0.3 is 10.6 Å². The Hall–Kier alpha value is -1.79. The Bertz CT molecular complexity index is 599. The number of nitrogens with zero attached hydrogens (tertiary/aromatic N) is 1. The quantitative estimate of drug-likeness (QED) is 0.803. The van der Waals surface area contributed by atoms with Crippen molar-refractivity contribution in [2.45, 2.75) is 26.2 Å². The summed E-state index contributed by atoms with van der Waals surface area (Å²) in [5.41, 5.74) is 8.18. The van der Waals surface area contributed by atoms with Gasteiger partial charge in [-0.05, 0) is 49.3 Å². The van der Waals surface area contributed by atoms with Crippen molar-refractivity contribution in [3.05, 3.63) is 34.9 Å². The Morgan fingerprint density at radius 2 is 2.05 bits per heavy atom. The molecule has 0 aromatic heterocycles. The molecule has 2 atom stereocenters. The van der Waals surface area contributed by atoms with Gasteiger partial charge in [0, 0.05) is 24.2 Å². The van der Waals surface area contributed by atoms with Crippen LogP contribution in [0.15, 0.2) is 18.2 Å². The average Bonchev–Trinajstić information content (AvgIpc) is 3.07. The highest BCUT2D eigenvalue weighted by atomic mass is 16.2. The standard InChI is InChI=1S/C18H22N2O/c1-13-7-8-15(10-14(13)6-3-9-19)18(21)20-11-16-4-2-5-17(16)12-20/h7-8,10,16-17H,2,4-5,9,11-12,19H2,1H3. The molecule has 3 nitrogen and oxygen atoms in total. The van der Waals surface area contributed by atoms with E-state index < -0.39 is 0 Å². The molecule has 3 rings (SSSR count). The fourth-order valence-electron chi connectivity index (χ4n) is 3.62. The van der Waals surface area contributed by atoms with Crippen LogP contribution in [0.4, 0.5) is 0 Å². The maximum absolute atomic E-state index is 12.7. The maximum Gasteiger partial charge on any atom is 0.253 e. The van der Waals surface area contributed by atoms with E-state index in [4.69, 9.17) is 5.73 Å². The number of amides is 1. The van der Waals surface area contributed by atoms with Gasteiger partial charge in [-0.2, -0.15) is 0 Å². The highest BCUT2D eigenvalue weighted by Gasteiger charge is 2.38. The van der Waals surface area contributed by atoms with Crippen LogP contribution in [-0.4, -0.2) is 30.4 Å². The average molecular weight is 282 g/mol. The van der Waals surface area contributed by atoms with Gasteiger partial charge in [0.05, 0.1) is 6.54 Å². The van der Waals surface area contributed by atoms with E-state index in [0.29, 0.717) is 6.54 Å². The second-order valence-electron chi connectivity index (χ2n) is 6.20. The van der Waals surface area contributed by atoms with Crippen LogP contribution in [0.25, 0.3) is 0 Å². The van der Waals surface area contributed by atoms with Crippen molar-refractivity contribution in [1.29, 1.82) is 0 Å². The van der Waals surface area contributed by atoms with E-state index in [0.717, 1.165) is 41.6 Å². The van der Waals surface area contributed by atoms with E-state index in [1.807, 2.05) is 30.0 Å². The van der Waals surface area contributed by atoms with Crippen molar-refractivity contribution in [3.63, 3.8) is 0 Å². The fraction of sp³-hybridized carbons (Fsp3) is 0.500. The molecule has 1 aromatic carbocycles. The minimum atomic E-state index is 0.153. The molecule has 0 bridgehead atoms. The van der Waals surface area contributed by atoms with Gasteiger partial charge in [-0.3, -0.25) is 4.79 Å². The molecule has 1 aliphatic heterocycles. The lowest BCUT2D eigenvalue weighted by molar-refractivity contribution is 0.0780. The molecule has 1 saturated heterocycles. The Labute approximate surface area is 126 Å². The topological polar surface area (TPSA) is 46.3 Å². The van der Waals surface area contributed by atoms with Crippen molar-refractivity contribution in [2.75, 3.05) is 19.6 Å². The smallest absolute Gasteiger partial charge is 0.253 e. The van der Waals surface area contributed by atoms with Crippen molar-refractivity contribution < 1.29 is 4.79 Å². The second kappa shape index (κ2) is 5.91. The van der Waals surface area contributed by atoms with Gasteiger partial charge >= 0.3 is 0 Å². The van der Waals surface area contributed by atoms with Gasteiger partial charge in [0.25, 0.3) is 5.91 Å². The van der Waals surface area contributed by atoms with Crippen LogP contribution in [0.3, 0.4) is 0 Å². The molecule has 2 aliphatic rings. The number of hydrogen-bond acceptors (Lipinski definition) is 2. The molecule has 21 heavy (non-hydrogen) atoms. The van der Waals surface area contributed by atoms with Crippen LogP contribution in [0, 0.1) is 30.6 Å². The number of carbonyl (C=O) groups excluding carboxylic acids is 1. The van der Waals surface area contributed by atoms with Gasteiger partial charge in [-0.1, -0.05) is 24.3 Å². The lowest BCUT2D eigenvalue weighted by atomic mass is 10.0. The van der Waals surface area contributed by atoms with Crippen LogP contribution in [0.1, 0.15) is 40.7 Å². The van der Waals surface area contributed by atoms with Crippen LogP contribution >= 0.6 is 0 Å². The van der Waals surface area contributed by atoms with Gasteiger partial charge in [-0.15, -0.1) is 0 Å². The normalized spacial score (nSPS) is 23.6. The zero-order chi connectivity index (χ0) is 14.8. The summed E-state index contributed by atoms with van der Waals surface area (Å²) in [7, 11) is 0. The summed E-state index contributed by atoms with van der Waals surface area (Å²) in [6.07, 6.45) is 3.91. The third-order valence-electron chi connectivity index (χ3n) is 4.82. The summed E-state index contributed by atoms with van der Waals surface area (Å²) >= 11 is 0. The number of hydrogen-bond donors (Lipinski definition) is 1. The zero-order valence-corrected chi connectivity index (χ0v) is 12.6. The van der Waals surface area contributed by atoms with Crippen LogP contribution in [-0.2, 0) is 0 Å². The zero-order valence-electron chi connectivity index (χ0n) is 12.6. The maximum atomic E-state index is 12.7. The highest BCUT2D eigenvalue weighted by molar-refractivity contribution is 5.95. The first-order valence-corrected chi connectivity index (χ1v) is 7.78. The molecule has 3 heteroatoms. The molecule has 2 N–H and O–H groups in total. The second-order valence-corrected chi connectivity index (χ2v) is 6.20. The van der Waals surface area contributed by atoms with Gasteiger partial charge in [0.2, 0.25) is 0 Å². The van der Waals surface area contributed by atoms with E-state index in [2.05, 4.69) is 11.8 Å². The summed E-state index contributed by atoms with van der Waals surface area (Å²) in [5.74, 6) is 7.54. The minimum Gasteiger partial charge on any atom is -0.338 e. The molecule has 1 aromatic rings. The predicted molar refractivity (Wildman–Crippen MR) is 83.8 cm³/mol. The first kappa shape index (κ1) is 14.2. The molecule has 0 radical (unpaired) electrons. The number of benzene rings is 1. The molecule has 0 spiro atoms. The van der Waals surface area contributed by atoms with Crippen LogP contribution < -0.4 is 5.73 Å². The highest BCUT2D eigenvalue weighted by Crippen LogP contribution is 2.38. The largest absolute Gasteiger partial charge is 0.338 e. The molecule has 1 aliphatic carbocycles. The van der Waals surface area contributed by atoms with Crippen LogP contribution in [0.2, 0.25) is 0 Å². The fourth-order valence-corrected chi connectivity index (χ4v) is 3.62. The lowest BCUT2D eigenvalue weighted by Gasteiger charge is -2.17. The number of aryl methyl sites for hydroxylation is 1. The number of rotatable bonds is 1. The molecular weight excluding hydrogens is 260 g/mol. The summed E-state index contributed by atoms with van der Waals surface area (Å²) in [6, 6.07) is 5.80. The minimum absolute atomic E-state index is 0.153. The predicted octanol–water partition coefficient (Wildman–Crippen LogP) is 2.18. The van der Waals surface area contributed by atoms with Crippen molar-refractivity contribution in [1.82, 2.24) is 4.90 Å². The first-order chi connectivity index (χ1) is 10.2. The molecule has 2 fully saturated rings. The van der Waals surface area contributed by atoms with Gasteiger partial charge in [0.1, 0.15) is 0 Å². The van der Waals surface area contributed by atoms with E-state index >= 15 is 0 Å². The van der Waals surface area contributed by atoms with E-state index in [1.54, 1.807) is 0 Å². The summed E-state index contributed by atoms with van der Waals surface area (Å²) in [5, 5.41) is 0. The monoisotopic (exact) mass is 282 g/mol. The molecule has 1 heterocycles. The molecule has 1 amide bonds. The van der Waals surface area contributed by atoms with Crippen molar-refractivity contribution in [3.8, 4) is 11.8 Å². The lowest BCUT2D eigenvalue weighted by Crippen LogP contribution is -2.29. The van der Waals surface area contributed by atoms with E-state index in [-0.39, 0.29) is 5.91 Å². The molecule has 1 saturated carbocycles. The first-order valence-electron chi connectivity index (χ1n) is 7.78. The Kier molecular flexibility index (Phi) is 3.98. The van der Waals surface area contributed by atoms with Crippen LogP contribution in [0.5, 0.6) is 0 Å². The van der Waals surface area contributed by atoms with Crippen molar-refractivity contribution in [2.24, 2.45) is 17.6 Å². The molecular formula is C18H22N2O. The van der Waals surface area contributed by atoms with E-state index in [9.17, 15) is 4.79 Å². The van der Waals surface area contributed by atoms with Crippen molar-refractivity contribution >= 4 is 5.91 Å². The summed E-state index contributed by atoms with van der Waals surface area (Å²) in [4.78, 5) is 14.7. The SMILES string of the molecule is Cc1ccc(C(=O)N2CC3CCCC3C2)cc1C#CCN.